The highest BCUT2D eigenvalue weighted by Gasteiger charge is 2.16. The summed E-state index contributed by atoms with van der Waals surface area (Å²) < 4.78 is 7.56. The van der Waals surface area contributed by atoms with E-state index in [1.165, 1.54) is 5.56 Å². The molecule has 2 heterocycles. The normalized spacial score (nSPS) is 12.4. The summed E-state index contributed by atoms with van der Waals surface area (Å²) in [7, 11) is 0. The molecule has 0 radical (unpaired) electrons. The van der Waals surface area contributed by atoms with Crippen LogP contribution in [0.2, 0.25) is 0 Å². The molecule has 4 heteroatoms. The first-order valence-electron chi connectivity index (χ1n) is 6.34. The minimum absolute atomic E-state index is 0.263. The predicted molar refractivity (Wildman–Crippen MR) is 71.6 cm³/mol. The second-order valence-corrected chi connectivity index (χ2v) is 4.47. The first-order valence-corrected chi connectivity index (χ1v) is 6.34. The molecule has 1 aromatic carbocycles. The molecular formula is C15H15N3O. The number of nitrogens with zero attached hydrogens (tertiary/aromatic N) is 3. The predicted octanol–water partition coefficient (Wildman–Crippen LogP) is 3.09. The molecule has 4 nitrogen and oxygen atoms in total. The summed E-state index contributed by atoms with van der Waals surface area (Å²) >= 11 is 0. The lowest BCUT2D eigenvalue weighted by atomic mass is 9.93. The number of aryl methyl sites for hydroxylation is 1. The third kappa shape index (κ3) is 2.73. The second-order valence-electron chi connectivity index (χ2n) is 4.47. The van der Waals surface area contributed by atoms with Crippen molar-refractivity contribution in [2.75, 3.05) is 0 Å². The van der Waals surface area contributed by atoms with Gasteiger partial charge in [0.1, 0.15) is 18.4 Å². The number of hydrogen-bond acceptors (Lipinski definition) is 3. The SMILES string of the molecule is c1ccc([C@@H](CCn2cnnc2)c2ccco2)cc1. The van der Waals surface area contributed by atoms with Crippen LogP contribution in [-0.2, 0) is 6.54 Å². The van der Waals surface area contributed by atoms with E-state index in [0.29, 0.717) is 0 Å². The molecule has 0 amide bonds. The fourth-order valence-electron chi connectivity index (χ4n) is 2.26. The maximum absolute atomic E-state index is 5.58. The van der Waals surface area contributed by atoms with E-state index < -0.39 is 0 Å². The van der Waals surface area contributed by atoms with Crippen LogP contribution in [0.5, 0.6) is 0 Å². The van der Waals surface area contributed by atoms with E-state index in [9.17, 15) is 0 Å². The maximum Gasteiger partial charge on any atom is 0.119 e. The van der Waals surface area contributed by atoms with Gasteiger partial charge in [0.15, 0.2) is 0 Å². The van der Waals surface area contributed by atoms with E-state index in [4.69, 9.17) is 4.42 Å². The molecule has 2 aromatic heterocycles. The number of rotatable bonds is 5. The first kappa shape index (κ1) is 11.7. The zero-order valence-electron chi connectivity index (χ0n) is 10.5. The van der Waals surface area contributed by atoms with Gasteiger partial charge in [-0.1, -0.05) is 30.3 Å². The summed E-state index contributed by atoms with van der Waals surface area (Å²) in [5.74, 6) is 1.26. The van der Waals surface area contributed by atoms with Crippen LogP contribution >= 0.6 is 0 Å². The molecule has 0 saturated heterocycles. The monoisotopic (exact) mass is 253 g/mol. The van der Waals surface area contributed by atoms with E-state index in [2.05, 4.69) is 34.5 Å². The summed E-state index contributed by atoms with van der Waals surface area (Å²) in [6.07, 6.45) is 6.16. The zero-order chi connectivity index (χ0) is 12.9. The van der Waals surface area contributed by atoms with E-state index in [1.807, 2.05) is 22.8 Å². The number of aromatic nitrogens is 3. The van der Waals surface area contributed by atoms with Crippen molar-refractivity contribution in [2.45, 2.75) is 18.9 Å². The minimum Gasteiger partial charge on any atom is -0.469 e. The number of hydrogen-bond donors (Lipinski definition) is 0. The van der Waals surface area contributed by atoms with E-state index in [0.717, 1.165) is 18.7 Å². The van der Waals surface area contributed by atoms with E-state index in [-0.39, 0.29) is 5.92 Å². The van der Waals surface area contributed by atoms with Gasteiger partial charge in [0, 0.05) is 12.5 Å². The average molecular weight is 253 g/mol. The molecule has 0 bridgehead atoms. The lowest BCUT2D eigenvalue weighted by Gasteiger charge is -2.15. The van der Waals surface area contributed by atoms with Gasteiger partial charge in [-0.25, -0.2) is 0 Å². The Labute approximate surface area is 111 Å². The van der Waals surface area contributed by atoms with Gasteiger partial charge in [0.05, 0.1) is 6.26 Å². The van der Waals surface area contributed by atoms with Crippen molar-refractivity contribution in [2.24, 2.45) is 0 Å². The van der Waals surface area contributed by atoms with Crippen LogP contribution in [0.4, 0.5) is 0 Å². The molecule has 96 valence electrons. The van der Waals surface area contributed by atoms with Gasteiger partial charge in [-0.2, -0.15) is 0 Å². The van der Waals surface area contributed by atoms with Crippen molar-refractivity contribution >= 4 is 0 Å². The summed E-state index contributed by atoms with van der Waals surface area (Å²) in [6.45, 7) is 0.868. The molecule has 0 unspecified atom stereocenters. The molecule has 0 fully saturated rings. The van der Waals surface area contributed by atoms with Gasteiger partial charge < -0.3 is 8.98 Å². The maximum atomic E-state index is 5.58. The Hall–Kier alpha value is -2.36. The topological polar surface area (TPSA) is 43.9 Å². The van der Waals surface area contributed by atoms with Crippen LogP contribution in [-0.4, -0.2) is 14.8 Å². The molecule has 1 atom stereocenters. The third-order valence-corrected chi connectivity index (χ3v) is 3.23. The van der Waals surface area contributed by atoms with Crippen molar-refractivity contribution in [3.8, 4) is 0 Å². The van der Waals surface area contributed by atoms with Crippen LogP contribution < -0.4 is 0 Å². The summed E-state index contributed by atoms with van der Waals surface area (Å²) in [4.78, 5) is 0. The van der Waals surface area contributed by atoms with Gasteiger partial charge >= 0.3 is 0 Å². The standard InChI is InChI=1S/C15H15N3O/c1-2-5-13(6-3-1)14(15-7-4-10-19-15)8-9-18-11-16-17-12-18/h1-7,10-12,14H,8-9H2/t14-/m1/s1. The quantitative estimate of drug-likeness (QED) is 0.701. The van der Waals surface area contributed by atoms with Gasteiger partial charge in [-0.15, -0.1) is 10.2 Å². The largest absolute Gasteiger partial charge is 0.469 e. The van der Waals surface area contributed by atoms with Gasteiger partial charge in [-0.3, -0.25) is 0 Å². The summed E-state index contributed by atoms with van der Waals surface area (Å²) in [6, 6.07) is 14.4. The Morgan fingerprint density at radius 3 is 2.47 bits per heavy atom. The van der Waals surface area contributed by atoms with Crippen molar-refractivity contribution in [1.29, 1.82) is 0 Å². The van der Waals surface area contributed by atoms with E-state index in [1.54, 1.807) is 18.9 Å². The molecule has 0 saturated carbocycles. The summed E-state index contributed by atoms with van der Waals surface area (Å²) in [5.41, 5.74) is 1.27. The van der Waals surface area contributed by atoms with Gasteiger partial charge in [0.2, 0.25) is 0 Å². The van der Waals surface area contributed by atoms with Crippen molar-refractivity contribution in [3.63, 3.8) is 0 Å². The zero-order valence-corrected chi connectivity index (χ0v) is 10.5. The molecule has 19 heavy (non-hydrogen) atoms. The number of benzene rings is 1. The fraction of sp³-hybridized carbons (Fsp3) is 0.200. The molecule has 3 rings (SSSR count). The Bertz CT molecular complexity index is 588. The third-order valence-electron chi connectivity index (χ3n) is 3.23. The Kier molecular flexibility index (Phi) is 3.40. The van der Waals surface area contributed by atoms with Crippen molar-refractivity contribution < 1.29 is 4.42 Å². The highest BCUT2D eigenvalue weighted by atomic mass is 16.3. The highest BCUT2D eigenvalue weighted by Crippen LogP contribution is 2.28. The van der Waals surface area contributed by atoms with Gasteiger partial charge in [0.25, 0.3) is 0 Å². The lowest BCUT2D eigenvalue weighted by Crippen LogP contribution is -2.05. The van der Waals surface area contributed by atoms with Crippen LogP contribution in [0.15, 0.2) is 65.8 Å². The van der Waals surface area contributed by atoms with Crippen LogP contribution in [0.25, 0.3) is 0 Å². The van der Waals surface area contributed by atoms with Crippen molar-refractivity contribution in [1.82, 2.24) is 14.8 Å². The summed E-state index contributed by atoms with van der Waals surface area (Å²) in [5, 5.41) is 7.65. The van der Waals surface area contributed by atoms with Gasteiger partial charge in [-0.05, 0) is 24.1 Å². The Balaban J connectivity index is 1.81. The molecule has 0 aliphatic heterocycles. The fourth-order valence-corrected chi connectivity index (χ4v) is 2.26. The molecule has 3 aromatic rings. The lowest BCUT2D eigenvalue weighted by molar-refractivity contribution is 0.459. The number of furan rings is 1. The molecule has 0 spiro atoms. The smallest absolute Gasteiger partial charge is 0.119 e. The first-order chi connectivity index (χ1) is 9.43. The second kappa shape index (κ2) is 5.52. The average Bonchev–Trinajstić information content (AvgIpc) is 3.13. The Morgan fingerprint density at radius 2 is 1.79 bits per heavy atom. The van der Waals surface area contributed by atoms with E-state index >= 15 is 0 Å². The van der Waals surface area contributed by atoms with Crippen LogP contribution in [0.1, 0.15) is 23.7 Å². The van der Waals surface area contributed by atoms with Crippen LogP contribution in [0, 0.1) is 0 Å². The molecular weight excluding hydrogens is 238 g/mol. The van der Waals surface area contributed by atoms with Crippen LogP contribution in [0.3, 0.4) is 0 Å². The highest BCUT2D eigenvalue weighted by molar-refractivity contribution is 5.26. The molecule has 0 aliphatic carbocycles. The Morgan fingerprint density at radius 1 is 1.00 bits per heavy atom. The van der Waals surface area contributed by atoms with Crippen molar-refractivity contribution in [3.05, 3.63) is 72.7 Å². The molecule has 0 aliphatic rings. The minimum atomic E-state index is 0.263. The molecule has 0 N–H and O–H groups in total.